The van der Waals surface area contributed by atoms with Crippen molar-refractivity contribution in [1.82, 2.24) is 15.6 Å². The average Bonchev–Trinajstić information content (AvgIpc) is 2.72. The average molecular weight is 363 g/mol. The van der Waals surface area contributed by atoms with Gasteiger partial charge in [0.05, 0.1) is 13.2 Å². The van der Waals surface area contributed by atoms with Crippen LogP contribution in [0.2, 0.25) is 0 Å². The highest BCUT2D eigenvalue weighted by molar-refractivity contribution is 7.80. The van der Waals surface area contributed by atoms with E-state index in [-0.39, 0.29) is 6.04 Å². The van der Waals surface area contributed by atoms with Gasteiger partial charge in [0.15, 0.2) is 5.11 Å². The number of nitrogens with one attached hydrogen (secondary N) is 2. The molecule has 0 aliphatic heterocycles. The number of hydrogen-bond donors (Lipinski definition) is 2. The Hall–Kier alpha value is -2.92. The molecule has 3 rings (SSSR count). The lowest BCUT2D eigenvalue weighted by Crippen LogP contribution is -2.37. The van der Waals surface area contributed by atoms with Crippen LogP contribution in [-0.4, -0.2) is 17.2 Å². The first kappa shape index (κ1) is 17.9. The van der Waals surface area contributed by atoms with Crippen LogP contribution in [0.1, 0.15) is 22.7 Å². The summed E-state index contributed by atoms with van der Waals surface area (Å²) in [7, 11) is 1.66. The minimum absolute atomic E-state index is 0.0323. The first-order valence-corrected chi connectivity index (χ1v) is 8.79. The summed E-state index contributed by atoms with van der Waals surface area (Å²) in [4.78, 5) is 4.10. The van der Waals surface area contributed by atoms with Gasteiger partial charge in [-0.2, -0.15) is 0 Å². The topological polar surface area (TPSA) is 46.2 Å². The van der Waals surface area contributed by atoms with Crippen LogP contribution >= 0.6 is 12.2 Å². The van der Waals surface area contributed by atoms with Crippen LogP contribution in [0.25, 0.3) is 0 Å². The lowest BCUT2D eigenvalue weighted by atomic mass is 10.00. The molecule has 2 N–H and O–H groups in total. The van der Waals surface area contributed by atoms with Gasteiger partial charge in [-0.25, -0.2) is 0 Å². The number of benzene rings is 2. The summed E-state index contributed by atoms with van der Waals surface area (Å²) in [6.45, 7) is 0.647. The molecule has 1 aromatic heterocycles. The molecule has 4 nitrogen and oxygen atoms in total. The third-order valence-electron chi connectivity index (χ3n) is 4.06. The summed E-state index contributed by atoms with van der Waals surface area (Å²) in [6.07, 6.45) is 3.58. The van der Waals surface area contributed by atoms with Crippen LogP contribution in [0.15, 0.2) is 79.1 Å². The number of hydrogen-bond acceptors (Lipinski definition) is 3. The molecule has 0 radical (unpaired) electrons. The zero-order chi connectivity index (χ0) is 18.2. The summed E-state index contributed by atoms with van der Waals surface area (Å²) in [5.41, 5.74) is 3.39. The number of pyridine rings is 1. The predicted molar refractivity (Wildman–Crippen MR) is 108 cm³/mol. The fraction of sp³-hybridized carbons (Fsp3) is 0.143. The number of nitrogens with zero attached hydrogens (tertiary/aromatic N) is 1. The highest BCUT2D eigenvalue weighted by Crippen LogP contribution is 2.21. The smallest absolute Gasteiger partial charge is 0.167 e. The number of ether oxygens (including phenoxy) is 1. The van der Waals surface area contributed by atoms with Crippen LogP contribution in [0.3, 0.4) is 0 Å². The molecule has 0 amide bonds. The Morgan fingerprint density at radius 3 is 2.27 bits per heavy atom. The molecule has 0 spiro atoms. The highest BCUT2D eigenvalue weighted by Gasteiger charge is 2.14. The van der Waals surface area contributed by atoms with Gasteiger partial charge >= 0.3 is 0 Å². The van der Waals surface area contributed by atoms with E-state index >= 15 is 0 Å². The standard InChI is InChI=1S/C21H21N3OS/c1-25-19-9-7-16(8-10-19)15-23-21(26)24-20(17-5-3-2-4-6-17)18-11-13-22-14-12-18/h2-14,20H,15H2,1H3,(H2,23,24,26)/t20-/m1/s1. The SMILES string of the molecule is COc1ccc(CNC(=S)N[C@H](c2ccccc2)c2ccncc2)cc1. The molecule has 0 saturated heterocycles. The molecule has 1 atom stereocenters. The third-order valence-corrected chi connectivity index (χ3v) is 4.32. The second-order valence-electron chi connectivity index (χ2n) is 5.80. The van der Waals surface area contributed by atoms with Gasteiger partial charge in [0.2, 0.25) is 0 Å². The van der Waals surface area contributed by atoms with Crippen molar-refractivity contribution in [2.24, 2.45) is 0 Å². The minimum Gasteiger partial charge on any atom is -0.497 e. The molecule has 0 saturated carbocycles. The van der Waals surface area contributed by atoms with E-state index in [1.165, 1.54) is 0 Å². The molecule has 0 fully saturated rings. The molecule has 1 heterocycles. The molecule has 0 bridgehead atoms. The van der Waals surface area contributed by atoms with Crippen molar-refractivity contribution in [2.75, 3.05) is 7.11 Å². The Labute approximate surface area is 159 Å². The monoisotopic (exact) mass is 363 g/mol. The maximum absolute atomic E-state index is 5.52. The summed E-state index contributed by atoms with van der Waals surface area (Å²) < 4.78 is 5.18. The molecule has 3 aromatic rings. The second-order valence-corrected chi connectivity index (χ2v) is 6.21. The van der Waals surface area contributed by atoms with Gasteiger partial charge in [-0.3, -0.25) is 4.98 Å². The van der Waals surface area contributed by atoms with Crippen molar-refractivity contribution in [3.8, 4) is 5.75 Å². The molecule has 2 aromatic carbocycles. The van der Waals surface area contributed by atoms with E-state index in [1.54, 1.807) is 19.5 Å². The van der Waals surface area contributed by atoms with Crippen LogP contribution in [-0.2, 0) is 6.54 Å². The molecular weight excluding hydrogens is 342 g/mol. The van der Waals surface area contributed by atoms with E-state index in [1.807, 2.05) is 54.6 Å². The number of methoxy groups -OCH3 is 1. The van der Waals surface area contributed by atoms with Crippen LogP contribution in [0, 0.1) is 0 Å². The van der Waals surface area contributed by atoms with E-state index in [9.17, 15) is 0 Å². The maximum Gasteiger partial charge on any atom is 0.167 e. The van der Waals surface area contributed by atoms with Gasteiger partial charge in [0.25, 0.3) is 0 Å². The lowest BCUT2D eigenvalue weighted by molar-refractivity contribution is 0.414. The largest absolute Gasteiger partial charge is 0.497 e. The summed E-state index contributed by atoms with van der Waals surface area (Å²) >= 11 is 5.52. The first-order chi connectivity index (χ1) is 12.8. The minimum atomic E-state index is -0.0323. The molecule has 0 unspecified atom stereocenters. The molecular formula is C21H21N3OS. The van der Waals surface area contributed by atoms with Crippen molar-refractivity contribution in [3.63, 3.8) is 0 Å². The predicted octanol–water partition coefficient (Wildman–Crippen LogP) is 3.84. The highest BCUT2D eigenvalue weighted by atomic mass is 32.1. The van der Waals surface area contributed by atoms with Crippen LogP contribution in [0.4, 0.5) is 0 Å². The van der Waals surface area contributed by atoms with Crippen LogP contribution < -0.4 is 15.4 Å². The molecule has 26 heavy (non-hydrogen) atoms. The third kappa shape index (κ3) is 4.80. The van der Waals surface area contributed by atoms with Crippen molar-refractivity contribution < 1.29 is 4.74 Å². The lowest BCUT2D eigenvalue weighted by Gasteiger charge is -2.22. The molecule has 0 aliphatic rings. The van der Waals surface area contributed by atoms with Gasteiger partial charge in [-0.1, -0.05) is 42.5 Å². The number of aromatic nitrogens is 1. The second kappa shape index (κ2) is 8.97. The number of thiocarbonyl (C=S) groups is 1. The number of rotatable bonds is 6. The van der Waals surface area contributed by atoms with Gasteiger partial charge in [-0.15, -0.1) is 0 Å². The Morgan fingerprint density at radius 2 is 1.62 bits per heavy atom. The molecule has 5 heteroatoms. The summed E-state index contributed by atoms with van der Waals surface area (Å²) in [5.74, 6) is 0.844. The Bertz CT molecular complexity index is 783. The van der Waals surface area contributed by atoms with Crippen molar-refractivity contribution in [1.29, 1.82) is 0 Å². The van der Waals surface area contributed by atoms with E-state index < -0.39 is 0 Å². The quantitative estimate of drug-likeness (QED) is 0.652. The Morgan fingerprint density at radius 1 is 0.962 bits per heavy atom. The van der Waals surface area contributed by atoms with E-state index in [0.29, 0.717) is 11.7 Å². The normalized spacial score (nSPS) is 11.4. The Balaban J connectivity index is 1.67. The van der Waals surface area contributed by atoms with E-state index in [4.69, 9.17) is 17.0 Å². The van der Waals surface area contributed by atoms with Gasteiger partial charge in [0, 0.05) is 18.9 Å². The van der Waals surface area contributed by atoms with Crippen molar-refractivity contribution >= 4 is 17.3 Å². The Kier molecular flexibility index (Phi) is 6.17. The zero-order valence-electron chi connectivity index (χ0n) is 14.6. The fourth-order valence-corrected chi connectivity index (χ4v) is 2.86. The van der Waals surface area contributed by atoms with Gasteiger partial charge < -0.3 is 15.4 Å². The van der Waals surface area contributed by atoms with E-state index in [0.717, 1.165) is 22.4 Å². The van der Waals surface area contributed by atoms with E-state index in [2.05, 4.69) is 27.8 Å². The van der Waals surface area contributed by atoms with Crippen LogP contribution in [0.5, 0.6) is 5.75 Å². The fourth-order valence-electron chi connectivity index (χ4n) is 2.67. The van der Waals surface area contributed by atoms with Gasteiger partial charge in [0.1, 0.15) is 5.75 Å². The zero-order valence-corrected chi connectivity index (χ0v) is 15.4. The maximum atomic E-state index is 5.52. The van der Waals surface area contributed by atoms with Gasteiger partial charge in [-0.05, 0) is 53.2 Å². The first-order valence-electron chi connectivity index (χ1n) is 8.38. The molecule has 0 aliphatic carbocycles. The van der Waals surface area contributed by atoms with Crippen molar-refractivity contribution in [2.45, 2.75) is 12.6 Å². The molecule has 132 valence electrons. The summed E-state index contributed by atoms with van der Waals surface area (Å²) in [5, 5.41) is 7.28. The van der Waals surface area contributed by atoms with Crippen molar-refractivity contribution in [3.05, 3.63) is 95.8 Å². The summed E-state index contributed by atoms with van der Waals surface area (Å²) in [6, 6.07) is 22.1.